The number of rotatable bonds is 11. The SMILES string of the molecule is CC(=O)N(O)C(CCP(=O)(OCOC(=O)C(C)(C)C)OCOC(=O)C(C)(C)C)c1ccccc1. The van der Waals surface area contributed by atoms with Crippen molar-refractivity contribution in [3.05, 3.63) is 35.9 Å². The number of amides is 1. The lowest BCUT2D eigenvalue weighted by Crippen LogP contribution is -2.30. The average Bonchev–Trinajstić information content (AvgIpc) is 2.73. The molecule has 1 aromatic carbocycles. The van der Waals surface area contributed by atoms with Crippen LogP contribution in [-0.4, -0.2) is 47.9 Å². The van der Waals surface area contributed by atoms with Crippen molar-refractivity contribution in [3.8, 4) is 0 Å². The van der Waals surface area contributed by atoms with E-state index in [1.807, 2.05) is 0 Å². The Morgan fingerprint density at radius 3 is 1.74 bits per heavy atom. The van der Waals surface area contributed by atoms with Gasteiger partial charge in [0.15, 0.2) is 0 Å². The molecule has 1 N–H and O–H groups in total. The van der Waals surface area contributed by atoms with Crippen LogP contribution in [0.3, 0.4) is 0 Å². The summed E-state index contributed by atoms with van der Waals surface area (Å²) >= 11 is 0. The van der Waals surface area contributed by atoms with E-state index in [4.69, 9.17) is 18.5 Å². The number of esters is 2. The quantitative estimate of drug-likeness (QED) is 0.151. The van der Waals surface area contributed by atoms with Crippen molar-refractivity contribution in [1.82, 2.24) is 5.06 Å². The number of carbonyl (C=O) groups is 3. The third-order valence-corrected chi connectivity index (χ3v) is 6.39. The van der Waals surface area contributed by atoms with Gasteiger partial charge in [-0.3, -0.25) is 33.2 Å². The highest BCUT2D eigenvalue weighted by atomic mass is 31.2. The van der Waals surface area contributed by atoms with Gasteiger partial charge in [0.2, 0.25) is 19.5 Å². The van der Waals surface area contributed by atoms with Crippen molar-refractivity contribution in [2.45, 2.75) is 60.9 Å². The molecule has 0 saturated carbocycles. The van der Waals surface area contributed by atoms with Gasteiger partial charge < -0.3 is 9.47 Å². The fraction of sp³-hybridized carbons (Fsp3) is 0.609. The summed E-state index contributed by atoms with van der Waals surface area (Å²) in [6.07, 6.45) is -0.283. The molecule has 0 aliphatic rings. The molecule has 1 amide bonds. The van der Waals surface area contributed by atoms with Crippen molar-refractivity contribution >= 4 is 25.4 Å². The summed E-state index contributed by atoms with van der Waals surface area (Å²) in [5.41, 5.74) is -0.994. The Labute approximate surface area is 201 Å². The van der Waals surface area contributed by atoms with Gasteiger partial charge in [0, 0.05) is 6.92 Å². The lowest BCUT2D eigenvalue weighted by Gasteiger charge is -2.27. The second-order valence-corrected chi connectivity index (χ2v) is 12.0. The van der Waals surface area contributed by atoms with Crippen molar-refractivity contribution in [1.29, 1.82) is 0 Å². The maximum atomic E-state index is 13.4. The Morgan fingerprint density at radius 2 is 1.35 bits per heavy atom. The number of ether oxygens (including phenoxy) is 2. The molecule has 0 aliphatic carbocycles. The van der Waals surface area contributed by atoms with Crippen LogP contribution in [0.2, 0.25) is 0 Å². The molecule has 1 rings (SSSR count). The minimum Gasteiger partial charge on any atom is -0.438 e. The molecule has 192 valence electrons. The van der Waals surface area contributed by atoms with Crippen LogP contribution >= 0.6 is 7.60 Å². The van der Waals surface area contributed by atoms with Crippen LogP contribution in [0.1, 0.15) is 66.5 Å². The van der Waals surface area contributed by atoms with E-state index in [2.05, 4.69) is 0 Å². The second kappa shape index (κ2) is 12.4. The monoisotopic (exact) mass is 501 g/mol. The van der Waals surface area contributed by atoms with Crippen LogP contribution in [-0.2, 0) is 37.5 Å². The van der Waals surface area contributed by atoms with Gasteiger partial charge in [-0.05, 0) is 53.5 Å². The highest BCUT2D eigenvalue weighted by molar-refractivity contribution is 7.53. The van der Waals surface area contributed by atoms with E-state index in [1.165, 1.54) is 6.92 Å². The molecule has 34 heavy (non-hydrogen) atoms. The maximum absolute atomic E-state index is 13.4. The summed E-state index contributed by atoms with van der Waals surface area (Å²) in [7, 11) is -3.98. The molecule has 1 aromatic rings. The van der Waals surface area contributed by atoms with Gasteiger partial charge in [0.05, 0.1) is 23.0 Å². The van der Waals surface area contributed by atoms with E-state index in [9.17, 15) is 24.2 Å². The molecule has 0 aromatic heterocycles. The number of carbonyl (C=O) groups excluding carboxylic acids is 3. The summed E-state index contributed by atoms with van der Waals surface area (Å²) in [6, 6.07) is 7.83. The van der Waals surface area contributed by atoms with Crippen molar-refractivity contribution in [3.63, 3.8) is 0 Å². The Morgan fingerprint density at radius 1 is 0.912 bits per heavy atom. The molecule has 0 spiro atoms. The van der Waals surface area contributed by atoms with Gasteiger partial charge in [0.25, 0.3) is 0 Å². The Bertz CT molecular complexity index is 839. The predicted octanol–water partition coefficient (Wildman–Crippen LogP) is 4.68. The molecular weight excluding hydrogens is 465 g/mol. The van der Waals surface area contributed by atoms with Gasteiger partial charge in [-0.15, -0.1) is 0 Å². The third-order valence-electron chi connectivity index (χ3n) is 4.58. The zero-order valence-electron chi connectivity index (χ0n) is 20.9. The van der Waals surface area contributed by atoms with E-state index >= 15 is 0 Å². The molecule has 0 heterocycles. The van der Waals surface area contributed by atoms with Crippen LogP contribution in [0.15, 0.2) is 30.3 Å². The first-order valence-electron chi connectivity index (χ1n) is 10.8. The molecule has 1 unspecified atom stereocenters. The van der Waals surface area contributed by atoms with Crippen molar-refractivity contribution in [2.75, 3.05) is 19.7 Å². The average molecular weight is 502 g/mol. The van der Waals surface area contributed by atoms with Crippen LogP contribution in [0.25, 0.3) is 0 Å². The Balaban J connectivity index is 2.98. The van der Waals surface area contributed by atoms with Crippen LogP contribution < -0.4 is 0 Å². The molecule has 1 atom stereocenters. The molecule has 0 fully saturated rings. The van der Waals surface area contributed by atoms with E-state index in [-0.39, 0.29) is 12.6 Å². The zero-order chi connectivity index (χ0) is 26.2. The van der Waals surface area contributed by atoms with E-state index in [1.54, 1.807) is 71.9 Å². The molecular formula is C23H36NO9P. The fourth-order valence-electron chi connectivity index (χ4n) is 2.52. The summed E-state index contributed by atoms with van der Waals surface area (Å²) in [5, 5.41) is 10.8. The third kappa shape index (κ3) is 9.93. The van der Waals surface area contributed by atoms with Gasteiger partial charge in [-0.25, -0.2) is 5.06 Å². The predicted molar refractivity (Wildman–Crippen MR) is 124 cm³/mol. The summed E-state index contributed by atoms with van der Waals surface area (Å²) in [4.78, 5) is 35.8. The standard InChI is InChI=1S/C23H36NO9P/c1-17(25)24(28)19(18-11-9-8-10-12-18)13-14-34(29,32-15-30-20(26)22(2,3)4)33-16-31-21(27)23(5,6)7/h8-12,19,28H,13-16H2,1-7H3. The van der Waals surface area contributed by atoms with Gasteiger partial charge >= 0.3 is 19.5 Å². The topological polar surface area (TPSA) is 129 Å². The van der Waals surface area contributed by atoms with E-state index in [0.717, 1.165) is 0 Å². The maximum Gasteiger partial charge on any atom is 0.336 e. The first kappa shape index (κ1) is 29.8. The zero-order valence-corrected chi connectivity index (χ0v) is 21.8. The first-order valence-corrected chi connectivity index (χ1v) is 12.6. The molecule has 10 nitrogen and oxygen atoms in total. The summed E-state index contributed by atoms with van der Waals surface area (Å²) < 4.78 is 34.1. The number of hydrogen-bond acceptors (Lipinski definition) is 9. The number of hydrogen-bond donors (Lipinski definition) is 1. The normalized spacial score (nSPS) is 13.2. The Kier molecular flexibility index (Phi) is 10.9. The van der Waals surface area contributed by atoms with Gasteiger partial charge in [0.1, 0.15) is 0 Å². The highest BCUT2D eigenvalue weighted by Crippen LogP contribution is 2.50. The molecule has 0 bridgehead atoms. The second-order valence-electron chi connectivity index (χ2n) is 9.77. The Hall–Kier alpha value is -2.26. The molecule has 11 heteroatoms. The largest absolute Gasteiger partial charge is 0.438 e. The van der Waals surface area contributed by atoms with Crippen LogP contribution in [0, 0.1) is 10.8 Å². The number of hydroxylamine groups is 2. The molecule has 0 aliphatic heterocycles. The van der Waals surface area contributed by atoms with Crippen molar-refractivity contribution < 1.29 is 42.7 Å². The van der Waals surface area contributed by atoms with Crippen LogP contribution in [0.4, 0.5) is 0 Å². The number of nitrogens with zero attached hydrogens (tertiary/aromatic N) is 1. The molecule has 0 saturated heterocycles. The minimum absolute atomic E-state index is 0.0161. The molecule has 0 radical (unpaired) electrons. The highest BCUT2D eigenvalue weighted by Gasteiger charge is 2.32. The summed E-state index contributed by atoms with van der Waals surface area (Å²) in [6.45, 7) is 9.81. The van der Waals surface area contributed by atoms with E-state index in [0.29, 0.717) is 10.6 Å². The van der Waals surface area contributed by atoms with E-state index < -0.39 is 55.9 Å². The van der Waals surface area contributed by atoms with Crippen molar-refractivity contribution in [2.24, 2.45) is 10.8 Å². The van der Waals surface area contributed by atoms with Gasteiger partial charge in [-0.2, -0.15) is 0 Å². The fourth-order valence-corrected chi connectivity index (χ4v) is 3.85. The van der Waals surface area contributed by atoms with Gasteiger partial charge in [-0.1, -0.05) is 30.3 Å². The number of benzene rings is 1. The van der Waals surface area contributed by atoms with Crippen LogP contribution in [0.5, 0.6) is 0 Å². The lowest BCUT2D eigenvalue weighted by molar-refractivity contribution is -0.174. The first-order chi connectivity index (χ1) is 15.6. The summed E-state index contributed by atoms with van der Waals surface area (Å²) in [5.74, 6) is -1.75. The minimum atomic E-state index is -3.98. The smallest absolute Gasteiger partial charge is 0.336 e. The lowest BCUT2D eigenvalue weighted by atomic mass is 9.98.